The molecule has 1 heterocycles. The van der Waals surface area contributed by atoms with Crippen LogP contribution in [0.1, 0.15) is 11.1 Å². The number of carboxylic acid groups (broad SMARTS) is 1. The highest BCUT2D eigenvalue weighted by Gasteiger charge is 2.14. The lowest BCUT2D eigenvalue weighted by Gasteiger charge is -2.00. The monoisotopic (exact) mass is 371 g/mol. The number of aromatic amines is 1. The van der Waals surface area contributed by atoms with Gasteiger partial charge < -0.3 is 5.11 Å². The number of carboxylic acids is 1. The summed E-state index contributed by atoms with van der Waals surface area (Å²) in [5.74, 6) is -0.470. The zero-order valence-electron chi connectivity index (χ0n) is 13.2. The molecule has 25 heavy (non-hydrogen) atoms. The average molecular weight is 372 g/mol. The minimum absolute atomic E-state index is 0.144. The van der Waals surface area contributed by atoms with E-state index in [1.54, 1.807) is 18.2 Å². The number of H-pyrrole nitrogens is 1. The third-order valence-electron chi connectivity index (χ3n) is 3.37. The Labute approximate surface area is 153 Å². The number of rotatable bonds is 5. The number of halogens is 1. The first-order valence-electron chi connectivity index (χ1n) is 7.39. The Morgan fingerprint density at radius 1 is 1.16 bits per heavy atom. The Hall–Kier alpha value is -2.57. The van der Waals surface area contributed by atoms with Crippen LogP contribution in [0.5, 0.6) is 0 Å². The summed E-state index contributed by atoms with van der Waals surface area (Å²) in [6.45, 7) is 1.98. The maximum absolute atomic E-state index is 11.5. The van der Waals surface area contributed by atoms with E-state index >= 15 is 0 Å². The first-order valence-corrected chi connectivity index (χ1v) is 8.58. The Balaban J connectivity index is 1.82. The van der Waals surface area contributed by atoms with Crippen LogP contribution in [-0.4, -0.2) is 26.3 Å². The van der Waals surface area contributed by atoms with Gasteiger partial charge in [0.15, 0.2) is 5.82 Å². The molecule has 0 amide bonds. The number of carbonyl (C=O) groups is 1. The van der Waals surface area contributed by atoms with E-state index in [0.29, 0.717) is 16.0 Å². The Morgan fingerprint density at radius 2 is 1.84 bits per heavy atom. The SMILES string of the molecule is Cc1ccc(/C=C(\Sc2n[nH]c(-c3ccc(Cl)cc3)n2)C(=O)O)cc1. The van der Waals surface area contributed by atoms with Crippen LogP contribution in [-0.2, 0) is 4.79 Å². The molecular weight excluding hydrogens is 358 g/mol. The van der Waals surface area contributed by atoms with Gasteiger partial charge in [-0.15, -0.1) is 5.10 Å². The van der Waals surface area contributed by atoms with Crippen molar-refractivity contribution in [2.75, 3.05) is 0 Å². The fourth-order valence-electron chi connectivity index (χ4n) is 2.08. The molecule has 5 nitrogen and oxygen atoms in total. The Bertz CT molecular complexity index is 918. The minimum Gasteiger partial charge on any atom is -0.477 e. The van der Waals surface area contributed by atoms with Crippen LogP contribution >= 0.6 is 23.4 Å². The van der Waals surface area contributed by atoms with Gasteiger partial charge in [-0.25, -0.2) is 9.78 Å². The summed E-state index contributed by atoms with van der Waals surface area (Å²) in [4.78, 5) is 16.0. The van der Waals surface area contributed by atoms with Gasteiger partial charge in [0.25, 0.3) is 0 Å². The Morgan fingerprint density at radius 3 is 2.48 bits per heavy atom. The largest absolute Gasteiger partial charge is 0.477 e. The van der Waals surface area contributed by atoms with Gasteiger partial charge in [-0.1, -0.05) is 41.4 Å². The first kappa shape index (κ1) is 17.3. The van der Waals surface area contributed by atoms with Crippen LogP contribution in [0.4, 0.5) is 0 Å². The van der Waals surface area contributed by atoms with Crippen LogP contribution < -0.4 is 0 Å². The van der Waals surface area contributed by atoms with Crippen molar-refractivity contribution in [2.45, 2.75) is 12.1 Å². The Kier molecular flexibility index (Phi) is 5.21. The maximum Gasteiger partial charge on any atom is 0.342 e. The summed E-state index contributed by atoms with van der Waals surface area (Å²) < 4.78 is 0. The minimum atomic E-state index is -1.02. The van der Waals surface area contributed by atoms with Gasteiger partial charge in [0.1, 0.15) is 4.91 Å². The summed E-state index contributed by atoms with van der Waals surface area (Å²) >= 11 is 6.87. The quantitative estimate of drug-likeness (QED) is 0.504. The topological polar surface area (TPSA) is 78.9 Å². The van der Waals surface area contributed by atoms with Crippen molar-refractivity contribution >= 4 is 35.4 Å². The maximum atomic E-state index is 11.5. The van der Waals surface area contributed by atoms with Crippen LogP contribution in [0.2, 0.25) is 5.02 Å². The normalized spacial score (nSPS) is 11.5. The third-order valence-corrected chi connectivity index (χ3v) is 4.50. The summed E-state index contributed by atoms with van der Waals surface area (Å²) in [6, 6.07) is 14.8. The number of hydrogen-bond donors (Lipinski definition) is 2. The average Bonchev–Trinajstić information content (AvgIpc) is 3.05. The van der Waals surface area contributed by atoms with Gasteiger partial charge >= 0.3 is 5.97 Å². The molecule has 2 aromatic carbocycles. The number of aromatic nitrogens is 3. The fraction of sp³-hybridized carbons (Fsp3) is 0.0556. The summed E-state index contributed by atoms with van der Waals surface area (Å²) in [7, 11) is 0. The molecule has 0 aliphatic rings. The van der Waals surface area contributed by atoms with E-state index in [1.807, 2.05) is 43.3 Å². The van der Waals surface area contributed by atoms with Crippen molar-refractivity contribution in [3.05, 3.63) is 69.6 Å². The molecule has 0 saturated carbocycles. The molecule has 0 aliphatic heterocycles. The zero-order chi connectivity index (χ0) is 17.8. The van der Waals surface area contributed by atoms with E-state index in [2.05, 4.69) is 15.2 Å². The predicted octanol–water partition coefficient (Wildman–Crippen LogP) is 4.65. The number of nitrogens with zero attached hydrogens (tertiary/aromatic N) is 2. The standard InChI is InChI=1S/C18H14ClN3O2S/c1-11-2-4-12(5-3-11)10-15(17(23)24)25-18-20-16(21-22-18)13-6-8-14(19)9-7-13/h2-10H,1H3,(H,23,24)(H,20,21,22)/b15-10-. The molecule has 3 aromatic rings. The van der Waals surface area contributed by atoms with Gasteiger partial charge in [0.2, 0.25) is 5.16 Å². The van der Waals surface area contributed by atoms with Gasteiger partial charge in [-0.3, -0.25) is 5.10 Å². The fourth-order valence-corrected chi connectivity index (χ4v) is 2.91. The van der Waals surface area contributed by atoms with Gasteiger partial charge in [0.05, 0.1) is 0 Å². The van der Waals surface area contributed by atoms with Crippen LogP contribution in [0.15, 0.2) is 58.6 Å². The molecule has 0 atom stereocenters. The van der Waals surface area contributed by atoms with Crippen molar-refractivity contribution in [2.24, 2.45) is 0 Å². The lowest BCUT2D eigenvalue weighted by Crippen LogP contribution is -1.97. The highest BCUT2D eigenvalue weighted by molar-refractivity contribution is 8.04. The molecule has 0 unspecified atom stereocenters. The number of thioether (sulfide) groups is 1. The molecule has 126 valence electrons. The molecule has 3 rings (SSSR count). The third kappa shape index (κ3) is 4.49. The second kappa shape index (κ2) is 7.55. The van der Waals surface area contributed by atoms with Crippen LogP contribution in [0, 0.1) is 6.92 Å². The van der Waals surface area contributed by atoms with Crippen molar-refractivity contribution < 1.29 is 9.90 Å². The zero-order valence-corrected chi connectivity index (χ0v) is 14.8. The highest BCUT2D eigenvalue weighted by Crippen LogP contribution is 2.27. The lowest BCUT2D eigenvalue weighted by atomic mass is 10.1. The summed E-state index contributed by atoms with van der Waals surface area (Å²) in [6.07, 6.45) is 1.60. The molecule has 0 aliphatic carbocycles. The summed E-state index contributed by atoms with van der Waals surface area (Å²) in [5.41, 5.74) is 2.75. The van der Waals surface area contributed by atoms with E-state index in [-0.39, 0.29) is 4.91 Å². The molecule has 0 saturated heterocycles. The van der Waals surface area contributed by atoms with E-state index in [9.17, 15) is 9.90 Å². The van der Waals surface area contributed by atoms with E-state index in [0.717, 1.165) is 28.5 Å². The number of aliphatic carboxylic acids is 1. The second-order valence-electron chi connectivity index (χ2n) is 5.30. The molecule has 2 N–H and O–H groups in total. The van der Waals surface area contributed by atoms with Crippen LogP contribution in [0.3, 0.4) is 0 Å². The predicted molar refractivity (Wildman–Crippen MR) is 99.5 cm³/mol. The van der Waals surface area contributed by atoms with Gasteiger partial charge in [-0.2, -0.15) is 0 Å². The molecule has 0 spiro atoms. The van der Waals surface area contributed by atoms with Gasteiger partial charge in [-0.05, 0) is 54.6 Å². The molecule has 0 fully saturated rings. The van der Waals surface area contributed by atoms with Crippen molar-refractivity contribution in [3.63, 3.8) is 0 Å². The summed E-state index contributed by atoms with van der Waals surface area (Å²) in [5, 5.41) is 17.3. The molecular formula is C18H14ClN3O2S. The van der Waals surface area contributed by atoms with Crippen molar-refractivity contribution in [1.29, 1.82) is 0 Å². The molecule has 1 aromatic heterocycles. The molecule has 0 radical (unpaired) electrons. The number of nitrogens with one attached hydrogen (secondary N) is 1. The smallest absolute Gasteiger partial charge is 0.342 e. The van der Waals surface area contributed by atoms with E-state index in [1.165, 1.54) is 0 Å². The number of hydrogen-bond acceptors (Lipinski definition) is 4. The lowest BCUT2D eigenvalue weighted by molar-refractivity contribution is -0.131. The van der Waals surface area contributed by atoms with E-state index in [4.69, 9.17) is 11.6 Å². The van der Waals surface area contributed by atoms with E-state index < -0.39 is 5.97 Å². The molecule has 0 bridgehead atoms. The number of benzene rings is 2. The number of aryl methyl sites for hydroxylation is 1. The first-order chi connectivity index (χ1) is 12.0. The van der Waals surface area contributed by atoms with Crippen LogP contribution in [0.25, 0.3) is 17.5 Å². The van der Waals surface area contributed by atoms with Crippen molar-refractivity contribution in [1.82, 2.24) is 15.2 Å². The molecule has 7 heteroatoms. The van der Waals surface area contributed by atoms with Crippen molar-refractivity contribution in [3.8, 4) is 11.4 Å². The van der Waals surface area contributed by atoms with Gasteiger partial charge in [0, 0.05) is 10.6 Å². The second-order valence-corrected chi connectivity index (χ2v) is 6.75. The highest BCUT2D eigenvalue weighted by atomic mass is 35.5.